The number of hydrogen-bond donors (Lipinski definition) is 1. The molecule has 0 saturated heterocycles. The topological polar surface area (TPSA) is 37.3 Å². The van der Waals surface area contributed by atoms with Gasteiger partial charge in [-0.2, -0.15) is 0 Å². The standard InChI is InChI=1S/C12H13FO2/c13-8-12(6-1-7-12)10-4-2-9(3-5-10)11(14)15/h2-5H,1,6-8H2,(H,14,15). The van der Waals surface area contributed by atoms with Gasteiger partial charge in [-0.25, -0.2) is 4.79 Å². The molecule has 0 radical (unpaired) electrons. The highest BCUT2D eigenvalue weighted by Crippen LogP contribution is 2.43. The fraction of sp³-hybridized carbons (Fsp3) is 0.417. The highest BCUT2D eigenvalue weighted by Gasteiger charge is 2.38. The Hall–Kier alpha value is -1.38. The van der Waals surface area contributed by atoms with Crippen LogP contribution in [0.15, 0.2) is 24.3 Å². The average molecular weight is 208 g/mol. The summed E-state index contributed by atoms with van der Waals surface area (Å²) in [4.78, 5) is 10.6. The summed E-state index contributed by atoms with van der Waals surface area (Å²) in [6.07, 6.45) is 2.80. The van der Waals surface area contributed by atoms with Crippen LogP contribution in [0.1, 0.15) is 35.2 Å². The van der Waals surface area contributed by atoms with Crippen molar-refractivity contribution in [1.82, 2.24) is 0 Å². The molecular formula is C12H13FO2. The quantitative estimate of drug-likeness (QED) is 0.829. The molecule has 1 aliphatic rings. The van der Waals surface area contributed by atoms with Gasteiger partial charge in [0.15, 0.2) is 0 Å². The smallest absolute Gasteiger partial charge is 0.335 e. The second kappa shape index (κ2) is 3.65. The van der Waals surface area contributed by atoms with E-state index in [1.165, 1.54) is 0 Å². The Bertz CT molecular complexity index is 360. The van der Waals surface area contributed by atoms with Crippen LogP contribution in [0.5, 0.6) is 0 Å². The van der Waals surface area contributed by atoms with Crippen LogP contribution in [0, 0.1) is 0 Å². The summed E-state index contributed by atoms with van der Waals surface area (Å²) < 4.78 is 12.9. The molecular weight excluding hydrogens is 195 g/mol. The monoisotopic (exact) mass is 208 g/mol. The largest absolute Gasteiger partial charge is 0.478 e. The third kappa shape index (κ3) is 1.62. The number of benzene rings is 1. The maximum Gasteiger partial charge on any atom is 0.335 e. The Labute approximate surface area is 87.7 Å². The Morgan fingerprint density at radius 3 is 2.27 bits per heavy atom. The fourth-order valence-electron chi connectivity index (χ4n) is 2.07. The van der Waals surface area contributed by atoms with Gasteiger partial charge >= 0.3 is 5.97 Å². The minimum absolute atomic E-state index is 0.257. The van der Waals surface area contributed by atoms with Crippen molar-refractivity contribution in [1.29, 1.82) is 0 Å². The lowest BCUT2D eigenvalue weighted by Gasteiger charge is -2.40. The van der Waals surface area contributed by atoms with Crippen molar-refractivity contribution in [3.63, 3.8) is 0 Å². The summed E-state index contributed by atoms with van der Waals surface area (Å²) in [5.74, 6) is -0.940. The number of halogens is 1. The number of carbonyl (C=O) groups is 1. The lowest BCUT2D eigenvalue weighted by molar-refractivity contribution is 0.0697. The fourth-order valence-corrected chi connectivity index (χ4v) is 2.07. The summed E-state index contributed by atoms with van der Waals surface area (Å²) in [7, 11) is 0. The van der Waals surface area contributed by atoms with Crippen LogP contribution in [0.3, 0.4) is 0 Å². The van der Waals surface area contributed by atoms with Crippen molar-refractivity contribution in [3.8, 4) is 0 Å². The van der Waals surface area contributed by atoms with Gasteiger partial charge < -0.3 is 5.11 Å². The Balaban J connectivity index is 2.26. The van der Waals surface area contributed by atoms with E-state index in [0.717, 1.165) is 24.8 Å². The summed E-state index contributed by atoms with van der Waals surface area (Å²) in [6, 6.07) is 6.57. The SMILES string of the molecule is O=C(O)c1ccc(C2(CF)CCC2)cc1. The Morgan fingerprint density at radius 2 is 1.93 bits per heavy atom. The van der Waals surface area contributed by atoms with Crippen LogP contribution < -0.4 is 0 Å². The summed E-state index contributed by atoms with van der Waals surface area (Å²) in [5.41, 5.74) is 0.866. The molecule has 1 aromatic carbocycles. The van der Waals surface area contributed by atoms with Crippen molar-refractivity contribution >= 4 is 5.97 Å². The van der Waals surface area contributed by atoms with Crippen molar-refractivity contribution in [2.24, 2.45) is 0 Å². The molecule has 1 fully saturated rings. The molecule has 0 aliphatic heterocycles. The van der Waals surface area contributed by atoms with Crippen molar-refractivity contribution in [2.45, 2.75) is 24.7 Å². The molecule has 0 spiro atoms. The molecule has 1 aromatic rings. The highest BCUT2D eigenvalue weighted by atomic mass is 19.1. The van der Waals surface area contributed by atoms with E-state index in [1.54, 1.807) is 24.3 Å². The molecule has 15 heavy (non-hydrogen) atoms. The van der Waals surface area contributed by atoms with Gasteiger partial charge in [0.05, 0.1) is 12.2 Å². The number of alkyl halides is 1. The second-order valence-corrected chi connectivity index (χ2v) is 4.15. The van der Waals surface area contributed by atoms with Crippen molar-refractivity contribution in [3.05, 3.63) is 35.4 Å². The van der Waals surface area contributed by atoms with Gasteiger partial charge in [0, 0.05) is 5.41 Å². The molecule has 0 atom stereocenters. The van der Waals surface area contributed by atoms with Gasteiger partial charge in [0.25, 0.3) is 0 Å². The zero-order valence-electron chi connectivity index (χ0n) is 8.37. The number of carboxylic acid groups (broad SMARTS) is 1. The molecule has 0 amide bonds. The van der Waals surface area contributed by atoms with Crippen LogP contribution in [-0.2, 0) is 5.41 Å². The average Bonchev–Trinajstić information content (AvgIpc) is 2.18. The molecule has 0 aromatic heterocycles. The molecule has 0 heterocycles. The predicted molar refractivity (Wildman–Crippen MR) is 54.9 cm³/mol. The number of aromatic carboxylic acids is 1. The van der Waals surface area contributed by atoms with Crippen LogP contribution in [0.25, 0.3) is 0 Å². The highest BCUT2D eigenvalue weighted by molar-refractivity contribution is 5.87. The van der Waals surface area contributed by atoms with Gasteiger partial charge in [-0.15, -0.1) is 0 Å². The first-order valence-electron chi connectivity index (χ1n) is 5.08. The first-order valence-corrected chi connectivity index (χ1v) is 5.08. The second-order valence-electron chi connectivity index (χ2n) is 4.15. The molecule has 0 unspecified atom stereocenters. The van der Waals surface area contributed by atoms with Crippen LogP contribution in [0.2, 0.25) is 0 Å². The van der Waals surface area contributed by atoms with Gasteiger partial charge in [-0.3, -0.25) is 4.39 Å². The van der Waals surface area contributed by atoms with Gasteiger partial charge in [-0.1, -0.05) is 18.6 Å². The third-order valence-electron chi connectivity index (χ3n) is 3.31. The van der Waals surface area contributed by atoms with E-state index < -0.39 is 5.97 Å². The molecule has 1 saturated carbocycles. The molecule has 2 nitrogen and oxygen atoms in total. The number of carboxylic acids is 1. The maximum atomic E-state index is 12.9. The van der Waals surface area contributed by atoms with Crippen LogP contribution in [0.4, 0.5) is 4.39 Å². The molecule has 1 N–H and O–H groups in total. The molecule has 1 aliphatic carbocycles. The lowest BCUT2D eigenvalue weighted by atomic mass is 9.65. The summed E-state index contributed by atoms with van der Waals surface area (Å²) in [5, 5.41) is 8.73. The van der Waals surface area contributed by atoms with E-state index in [2.05, 4.69) is 0 Å². The third-order valence-corrected chi connectivity index (χ3v) is 3.31. The predicted octanol–water partition coefficient (Wildman–Crippen LogP) is 2.78. The van der Waals surface area contributed by atoms with Gasteiger partial charge in [0.1, 0.15) is 0 Å². The minimum Gasteiger partial charge on any atom is -0.478 e. The lowest BCUT2D eigenvalue weighted by Crippen LogP contribution is -2.36. The van der Waals surface area contributed by atoms with Crippen molar-refractivity contribution < 1.29 is 14.3 Å². The van der Waals surface area contributed by atoms with E-state index in [-0.39, 0.29) is 17.7 Å². The van der Waals surface area contributed by atoms with Crippen molar-refractivity contribution in [2.75, 3.05) is 6.67 Å². The molecule has 80 valence electrons. The molecule has 2 rings (SSSR count). The van der Waals surface area contributed by atoms with E-state index in [1.807, 2.05) is 0 Å². The van der Waals surface area contributed by atoms with Crippen LogP contribution >= 0.6 is 0 Å². The van der Waals surface area contributed by atoms with Crippen LogP contribution in [-0.4, -0.2) is 17.8 Å². The number of rotatable bonds is 3. The maximum absolute atomic E-state index is 12.9. The first-order chi connectivity index (χ1) is 7.18. The first kappa shape index (κ1) is 10.1. The number of hydrogen-bond acceptors (Lipinski definition) is 1. The molecule has 0 bridgehead atoms. The Morgan fingerprint density at radius 1 is 1.33 bits per heavy atom. The van der Waals surface area contributed by atoms with Gasteiger partial charge in [0.2, 0.25) is 0 Å². The zero-order chi connectivity index (χ0) is 10.9. The summed E-state index contributed by atoms with van der Waals surface area (Å²) in [6.45, 7) is -0.348. The van der Waals surface area contributed by atoms with E-state index >= 15 is 0 Å². The van der Waals surface area contributed by atoms with E-state index in [4.69, 9.17) is 5.11 Å². The zero-order valence-corrected chi connectivity index (χ0v) is 8.37. The molecule has 3 heteroatoms. The minimum atomic E-state index is -0.940. The Kier molecular flexibility index (Phi) is 2.47. The van der Waals surface area contributed by atoms with E-state index in [0.29, 0.717) is 0 Å². The normalized spacial score (nSPS) is 18.2. The van der Waals surface area contributed by atoms with Gasteiger partial charge in [-0.05, 0) is 30.5 Å². The summed E-state index contributed by atoms with van der Waals surface area (Å²) >= 11 is 0. The van der Waals surface area contributed by atoms with E-state index in [9.17, 15) is 9.18 Å².